The first-order valence-corrected chi connectivity index (χ1v) is 7.58. The average Bonchev–Trinajstić information content (AvgIpc) is 2.53. The number of carbonyl (C=O) groups excluding carboxylic acids is 2. The van der Waals surface area contributed by atoms with E-state index in [1.54, 1.807) is 12.1 Å². The fourth-order valence-corrected chi connectivity index (χ4v) is 3.42. The highest BCUT2D eigenvalue weighted by atomic mass is 19.1. The van der Waals surface area contributed by atoms with Gasteiger partial charge in [-0.15, -0.1) is 0 Å². The van der Waals surface area contributed by atoms with Crippen molar-refractivity contribution >= 4 is 17.5 Å². The van der Waals surface area contributed by atoms with E-state index in [0.717, 1.165) is 11.3 Å². The summed E-state index contributed by atoms with van der Waals surface area (Å²) in [5.74, 6) is -1.17. The minimum atomic E-state index is -0.895. The van der Waals surface area contributed by atoms with E-state index in [4.69, 9.17) is 0 Å². The summed E-state index contributed by atoms with van der Waals surface area (Å²) in [6.45, 7) is 0.461. The lowest BCUT2D eigenvalue weighted by molar-refractivity contribution is -0.134. The van der Waals surface area contributed by atoms with Gasteiger partial charge in [0, 0.05) is 18.7 Å². The third-order valence-electron chi connectivity index (χ3n) is 4.79. The van der Waals surface area contributed by atoms with Gasteiger partial charge in [-0.1, -0.05) is 30.3 Å². The minimum Gasteiger partial charge on any atom is -0.324 e. The number of fused-ring (bicyclic) bond motifs is 1. The van der Waals surface area contributed by atoms with Gasteiger partial charge >= 0.3 is 0 Å². The van der Waals surface area contributed by atoms with Gasteiger partial charge in [-0.2, -0.15) is 0 Å². The quantitative estimate of drug-likeness (QED) is 0.880. The van der Waals surface area contributed by atoms with Gasteiger partial charge in [0.1, 0.15) is 11.4 Å². The van der Waals surface area contributed by atoms with Crippen molar-refractivity contribution in [1.82, 2.24) is 4.90 Å². The van der Waals surface area contributed by atoms with Crippen LogP contribution in [0.5, 0.6) is 0 Å². The van der Waals surface area contributed by atoms with Crippen LogP contribution < -0.4 is 5.32 Å². The zero-order chi connectivity index (χ0) is 16.0. The van der Waals surface area contributed by atoms with Gasteiger partial charge in [-0.3, -0.25) is 9.59 Å². The van der Waals surface area contributed by atoms with Gasteiger partial charge in [0.25, 0.3) is 11.8 Å². The number of likely N-dealkylation sites (tertiary alicyclic amines) is 1. The first kappa shape index (κ1) is 13.9. The summed E-state index contributed by atoms with van der Waals surface area (Å²) in [6, 6.07) is 13.4. The number of hydrogen-bond donors (Lipinski definition) is 1. The lowest BCUT2D eigenvalue weighted by Crippen LogP contribution is -2.70. The molecule has 1 fully saturated rings. The fourth-order valence-electron chi connectivity index (χ4n) is 3.42. The zero-order valence-electron chi connectivity index (χ0n) is 12.4. The Bertz CT molecular complexity index is 820. The van der Waals surface area contributed by atoms with E-state index in [-0.39, 0.29) is 11.5 Å². The summed E-state index contributed by atoms with van der Waals surface area (Å²) in [7, 11) is 0. The van der Waals surface area contributed by atoms with Crippen molar-refractivity contribution in [2.75, 3.05) is 11.9 Å². The Hall–Kier alpha value is -2.69. The number of amides is 2. The Morgan fingerprint density at radius 1 is 1.13 bits per heavy atom. The molecule has 116 valence electrons. The second-order valence-corrected chi connectivity index (χ2v) is 6.01. The molecular formula is C18H15FN2O2. The molecule has 4 nitrogen and oxygen atoms in total. The van der Waals surface area contributed by atoms with Crippen LogP contribution in [-0.2, 0) is 11.2 Å². The van der Waals surface area contributed by atoms with E-state index in [9.17, 15) is 14.0 Å². The standard InChI is InChI=1S/C18H15FN2O2/c19-14-7-3-2-6-13(14)16(22)21-10-9-18(21)11-12-5-1-4-8-15(12)20-17(18)23/h1-8H,9-11H2,(H,20,23). The van der Waals surface area contributed by atoms with Crippen LogP contribution >= 0.6 is 0 Å². The van der Waals surface area contributed by atoms with Crippen LogP contribution in [0.4, 0.5) is 10.1 Å². The molecule has 1 saturated heterocycles. The minimum absolute atomic E-state index is 0.0123. The topological polar surface area (TPSA) is 49.4 Å². The van der Waals surface area contributed by atoms with Crippen LogP contribution in [0.3, 0.4) is 0 Å². The first-order chi connectivity index (χ1) is 11.1. The Morgan fingerprint density at radius 2 is 1.87 bits per heavy atom. The highest BCUT2D eigenvalue weighted by molar-refractivity contribution is 6.07. The maximum atomic E-state index is 13.9. The van der Waals surface area contributed by atoms with Crippen LogP contribution in [0.2, 0.25) is 0 Å². The summed E-state index contributed by atoms with van der Waals surface area (Å²) in [5, 5.41) is 2.88. The summed E-state index contributed by atoms with van der Waals surface area (Å²) in [6.07, 6.45) is 1.06. The average molecular weight is 310 g/mol. The molecule has 1 N–H and O–H groups in total. The van der Waals surface area contributed by atoms with Crippen LogP contribution in [-0.4, -0.2) is 28.8 Å². The SMILES string of the molecule is O=C(c1ccccc1F)N1CCC12Cc1ccccc1NC2=O. The van der Waals surface area contributed by atoms with Crippen molar-refractivity contribution in [3.05, 3.63) is 65.5 Å². The number of halogens is 1. The normalized spacial score (nSPS) is 22.3. The monoisotopic (exact) mass is 310 g/mol. The summed E-state index contributed by atoms with van der Waals surface area (Å²) >= 11 is 0. The molecule has 0 bridgehead atoms. The van der Waals surface area contributed by atoms with Crippen molar-refractivity contribution in [3.8, 4) is 0 Å². The molecule has 2 aliphatic rings. The van der Waals surface area contributed by atoms with E-state index in [0.29, 0.717) is 19.4 Å². The molecule has 2 aromatic carbocycles. The number of nitrogens with one attached hydrogen (secondary N) is 1. The van der Waals surface area contributed by atoms with Crippen LogP contribution in [0.15, 0.2) is 48.5 Å². The van der Waals surface area contributed by atoms with Gasteiger partial charge in [0.05, 0.1) is 5.56 Å². The third-order valence-corrected chi connectivity index (χ3v) is 4.79. The summed E-state index contributed by atoms with van der Waals surface area (Å²) in [5.41, 5.74) is 0.901. The molecule has 1 unspecified atom stereocenters. The number of nitrogens with zero attached hydrogens (tertiary/aromatic N) is 1. The van der Waals surface area contributed by atoms with Crippen LogP contribution in [0, 0.1) is 5.82 Å². The van der Waals surface area contributed by atoms with Crippen molar-refractivity contribution in [1.29, 1.82) is 0 Å². The van der Waals surface area contributed by atoms with Gasteiger partial charge in [-0.25, -0.2) is 4.39 Å². The lowest BCUT2D eigenvalue weighted by Gasteiger charge is -2.53. The molecule has 0 saturated carbocycles. The van der Waals surface area contributed by atoms with E-state index in [1.807, 2.05) is 24.3 Å². The maximum absolute atomic E-state index is 13.9. The molecule has 0 aromatic heterocycles. The van der Waals surface area contributed by atoms with Crippen LogP contribution in [0.1, 0.15) is 22.3 Å². The number of anilines is 1. The largest absolute Gasteiger partial charge is 0.324 e. The number of carbonyl (C=O) groups is 2. The molecule has 1 atom stereocenters. The van der Waals surface area contributed by atoms with E-state index in [2.05, 4.69) is 5.32 Å². The molecule has 2 amide bonds. The van der Waals surface area contributed by atoms with Gasteiger partial charge in [0.2, 0.25) is 0 Å². The predicted octanol–water partition coefficient (Wildman–Crippen LogP) is 2.61. The molecule has 4 rings (SSSR count). The van der Waals surface area contributed by atoms with E-state index < -0.39 is 17.3 Å². The second-order valence-electron chi connectivity index (χ2n) is 6.01. The molecule has 0 radical (unpaired) electrons. The van der Waals surface area contributed by atoms with E-state index in [1.165, 1.54) is 17.0 Å². The molecule has 2 aliphatic heterocycles. The third kappa shape index (κ3) is 1.96. The number of para-hydroxylation sites is 1. The number of benzene rings is 2. The maximum Gasteiger partial charge on any atom is 0.257 e. The first-order valence-electron chi connectivity index (χ1n) is 7.58. The van der Waals surface area contributed by atoms with Crippen molar-refractivity contribution < 1.29 is 14.0 Å². The van der Waals surface area contributed by atoms with Gasteiger partial charge in [-0.05, 0) is 30.2 Å². The predicted molar refractivity (Wildman–Crippen MR) is 83.6 cm³/mol. The fraction of sp³-hybridized carbons (Fsp3) is 0.222. The molecule has 23 heavy (non-hydrogen) atoms. The zero-order valence-corrected chi connectivity index (χ0v) is 12.4. The Morgan fingerprint density at radius 3 is 2.61 bits per heavy atom. The number of rotatable bonds is 1. The highest BCUT2D eigenvalue weighted by Crippen LogP contribution is 2.41. The summed E-state index contributed by atoms with van der Waals surface area (Å²) < 4.78 is 13.9. The summed E-state index contributed by atoms with van der Waals surface area (Å²) in [4.78, 5) is 26.8. The molecule has 2 aromatic rings. The van der Waals surface area contributed by atoms with Gasteiger partial charge in [0.15, 0.2) is 0 Å². The molecule has 1 spiro atoms. The van der Waals surface area contributed by atoms with Crippen molar-refractivity contribution in [2.45, 2.75) is 18.4 Å². The Labute approximate surface area is 132 Å². The Balaban J connectivity index is 1.69. The smallest absolute Gasteiger partial charge is 0.257 e. The second kappa shape index (κ2) is 4.91. The van der Waals surface area contributed by atoms with Crippen molar-refractivity contribution in [2.24, 2.45) is 0 Å². The lowest BCUT2D eigenvalue weighted by atomic mass is 9.75. The Kier molecular flexibility index (Phi) is 2.98. The van der Waals surface area contributed by atoms with Crippen LogP contribution in [0.25, 0.3) is 0 Å². The highest BCUT2D eigenvalue weighted by Gasteiger charge is 2.55. The molecule has 2 heterocycles. The van der Waals surface area contributed by atoms with Gasteiger partial charge < -0.3 is 10.2 Å². The number of hydrogen-bond acceptors (Lipinski definition) is 2. The van der Waals surface area contributed by atoms with E-state index >= 15 is 0 Å². The molecule has 5 heteroatoms. The molecule has 0 aliphatic carbocycles. The van der Waals surface area contributed by atoms with Crippen molar-refractivity contribution in [3.63, 3.8) is 0 Å². The molecular weight excluding hydrogens is 295 g/mol.